The molecule has 1 fully saturated rings. The molecule has 2 aromatic rings. The SMILES string of the molecule is C[C@@H](NS(=O)(=O)c1ccc(Oc2ccccc2)cc1)[C@@H]1NC(=O)NC1=O. The normalized spacial score (nSPS) is 18.1. The van der Waals surface area contributed by atoms with Crippen LogP contribution in [0.15, 0.2) is 59.5 Å². The fraction of sp³-hybridized carbons (Fsp3) is 0.176. The molecule has 2 atom stereocenters. The molecule has 1 aliphatic heterocycles. The first kappa shape index (κ1) is 17.9. The van der Waals surface area contributed by atoms with Gasteiger partial charge in [0.2, 0.25) is 10.0 Å². The second-order valence-corrected chi connectivity index (χ2v) is 7.45. The summed E-state index contributed by atoms with van der Waals surface area (Å²) in [5.41, 5.74) is 0. The van der Waals surface area contributed by atoms with Gasteiger partial charge in [-0.1, -0.05) is 18.2 Å². The lowest BCUT2D eigenvalue weighted by atomic mass is 10.1. The van der Waals surface area contributed by atoms with Gasteiger partial charge in [0.25, 0.3) is 5.91 Å². The highest BCUT2D eigenvalue weighted by molar-refractivity contribution is 7.89. The molecule has 1 heterocycles. The van der Waals surface area contributed by atoms with Crippen molar-refractivity contribution in [2.24, 2.45) is 0 Å². The minimum atomic E-state index is -3.86. The van der Waals surface area contributed by atoms with E-state index in [1.807, 2.05) is 18.2 Å². The van der Waals surface area contributed by atoms with Crippen LogP contribution in [0, 0.1) is 0 Å². The van der Waals surface area contributed by atoms with E-state index >= 15 is 0 Å². The van der Waals surface area contributed by atoms with Crippen molar-refractivity contribution in [1.29, 1.82) is 0 Å². The number of ether oxygens (including phenoxy) is 1. The summed E-state index contributed by atoms with van der Waals surface area (Å²) in [7, 11) is -3.86. The number of benzene rings is 2. The molecule has 26 heavy (non-hydrogen) atoms. The molecule has 3 rings (SSSR count). The van der Waals surface area contributed by atoms with Gasteiger partial charge in [0.1, 0.15) is 17.5 Å². The Morgan fingerprint density at radius 3 is 2.19 bits per heavy atom. The molecule has 9 heteroatoms. The lowest BCUT2D eigenvalue weighted by Gasteiger charge is -2.18. The number of carbonyl (C=O) groups excluding carboxylic acids is 2. The number of rotatable bonds is 6. The van der Waals surface area contributed by atoms with Gasteiger partial charge in [0.05, 0.1) is 4.90 Å². The first-order valence-electron chi connectivity index (χ1n) is 7.82. The number of hydrogen-bond acceptors (Lipinski definition) is 5. The van der Waals surface area contributed by atoms with Gasteiger partial charge in [-0.05, 0) is 43.3 Å². The van der Waals surface area contributed by atoms with Crippen LogP contribution in [-0.2, 0) is 14.8 Å². The summed E-state index contributed by atoms with van der Waals surface area (Å²) < 4.78 is 32.9. The van der Waals surface area contributed by atoms with Crippen molar-refractivity contribution >= 4 is 22.0 Å². The molecule has 8 nitrogen and oxygen atoms in total. The van der Waals surface area contributed by atoms with Crippen LogP contribution in [0.4, 0.5) is 4.79 Å². The zero-order valence-electron chi connectivity index (χ0n) is 13.8. The van der Waals surface area contributed by atoms with Crippen LogP contribution < -0.4 is 20.1 Å². The zero-order chi connectivity index (χ0) is 18.7. The largest absolute Gasteiger partial charge is 0.457 e. The third-order valence-corrected chi connectivity index (χ3v) is 5.33. The summed E-state index contributed by atoms with van der Waals surface area (Å²) in [6.07, 6.45) is 0. The Morgan fingerprint density at radius 2 is 1.62 bits per heavy atom. The van der Waals surface area contributed by atoms with Crippen molar-refractivity contribution in [2.45, 2.75) is 23.9 Å². The molecular formula is C17H17N3O5S. The highest BCUT2D eigenvalue weighted by Crippen LogP contribution is 2.22. The average Bonchev–Trinajstić information content (AvgIpc) is 2.94. The van der Waals surface area contributed by atoms with Crippen LogP contribution in [0.1, 0.15) is 6.92 Å². The molecule has 0 radical (unpaired) electrons. The monoisotopic (exact) mass is 375 g/mol. The van der Waals surface area contributed by atoms with Gasteiger partial charge in [-0.2, -0.15) is 0 Å². The molecule has 1 aliphatic rings. The van der Waals surface area contributed by atoms with Crippen molar-refractivity contribution in [2.75, 3.05) is 0 Å². The van der Waals surface area contributed by atoms with E-state index in [0.29, 0.717) is 11.5 Å². The molecule has 0 bridgehead atoms. The van der Waals surface area contributed by atoms with E-state index < -0.39 is 34.0 Å². The molecule has 3 amide bonds. The predicted octanol–water partition coefficient (Wildman–Crippen LogP) is 1.35. The van der Waals surface area contributed by atoms with Gasteiger partial charge in [-0.25, -0.2) is 17.9 Å². The van der Waals surface area contributed by atoms with Crippen LogP contribution in [0.3, 0.4) is 0 Å². The Kier molecular flexibility index (Phi) is 4.92. The summed E-state index contributed by atoms with van der Waals surface area (Å²) in [5, 5.41) is 4.43. The van der Waals surface area contributed by atoms with Gasteiger partial charge in [-0.15, -0.1) is 0 Å². The smallest absolute Gasteiger partial charge is 0.322 e. The van der Waals surface area contributed by atoms with Gasteiger partial charge < -0.3 is 10.1 Å². The fourth-order valence-electron chi connectivity index (χ4n) is 2.48. The van der Waals surface area contributed by atoms with E-state index in [-0.39, 0.29) is 4.90 Å². The summed E-state index contributed by atoms with van der Waals surface area (Å²) in [6.45, 7) is 1.50. The average molecular weight is 375 g/mol. The first-order chi connectivity index (χ1) is 12.3. The number of sulfonamides is 1. The Morgan fingerprint density at radius 1 is 1.00 bits per heavy atom. The van der Waals surface area contributed by atoms with Gasteiger partial charge in [-0.3, -0.25) is 10.1 Å². The Balaban J connectivity index is 1.69. The lowest BCUT2D eigenvalue weighted by Crippen LogP contribution is -2.49. The van der Waals surface area contributed by atoms with E-state index in [2.05, 4.69) is 15.4 Å². The topological polar surface area (TPSA) is 114 Å². The highest BCUT2D eigenvalue weighted by atomic mass is 32.2. The maximum atomic E-state index is 12.5. The van der Waals surface area contributed by atoms with Crippen LogP contribution in [-0.4, -0.2) is 32.4 Å². The molecule has 3 N–H and O–H groups in total. The Labute approximate surface area is 150 Å². The van der Waals surface area contributed by atoms with Crippen LogP contribution in [0.2, 0.25) is 0 Å². The summed E-state index contributed by atoms with van der Waals surface area (Å²) in [6, 6.07) is 12.6. The van der Waals surface area contributed by atoms with E-state index in [4.69, 9.17) is 4.74 Å². The standard InChI is InChI=1S/C17H17N3O5S/c1-11(15-16(21)19-17(22)18-15)20-26(23,24)14-9-7-13(8-10-14)25-12-5-3-2-4-6-12/h2-11,15,20H,1H3,(H2,18,19,21,22)/t11-,15+/m1/s1. The second-order valence-electron chi connectivity index (χ2n) is 5.74. The number of nitrogens with one attached hydrogen (secondary N) is 3. The molecule has 136 valence electrons. The van der Waals surface area contributed by atoms with Gasteiger partial charge in [0.15, 0.2) is 0 Å². The molecule has 0 saturated carbocycles. The molecule has 1 saturated heterocycles. The van der Waals surface area contributed by atoms with Crippen LogP contribution in [0.25, 0.3) is 0 Å². The van der Waals surface area contributed by atoms with E-state index in [9.17, 15) is 18.0 Å². The minimum absolute atomic E-state index is 0.0227. The Hall–Kier alpha value is -2.91. The predicted molar refractivity (Wildman–Crippen MR) is 93.2 cm³/mol. The third-order valence-electron chi connectivity index (χ3n) is 3.76. The molecule has 0 aromatic heterocycles. The van der Waals surface area contributed by atoms with E-state index in [1.54, 1.807) is 12.1 Å². The molecule has 0 spiro atoms. The van der Waals surface area contributed by atoms with Crippen molar-refractivity contribution in [1.82, 2.24) is 15.4 Å². The summed E-state index contributed by atoms with van der Waals surface area (Å²) in [4.78, 5) is 22.8. The molecular weight excluding hydrogens is 358 g/mol. The number of hydrogen-bond donors (Lipinski definition) is 3. The lowest BCUT2D eigenvalue weighted by molar-refractivity contribution is -0.120. The van der Waals surface area contributed by atoms with E-state index in [0.717, 1.165) is 0 Å². The van der Waals surface area contributed by atoms with Crippen LogP contribution in [0.5, 0.6) is 11.5 Å². The summed E-state index contributed by atoms with van der Waals surface area (Å²) in [5.74, 6) is 0.556. The van der Waals surface area contributed by atoms with Crippen molar-refractivity contribution in [3.05, 3.63) is 54.6 Å². The highest BCUT2D eigenvalue weighted by Gasteiger charge is 2.36. The van der Waals surface area contributed by atoms with E-state index in [1.165, 1.54) is 31.2 Å². The molecule has 2 aromatic carbocycles. The number of carbonyl (C=O) groups is 2. The van der Waals surface area contributed by atoms with Crippen molar-refractivity contribution < 1.29 is 22.7 Å². The number of para-hydroxylation sites is 1. The minimum Gasteiger partial charge on any atom is -0.457 e. The van der Waals surface area contributed by atoms with Crippen molar-refractivity contribution in [3.8, 4) is 11.5 Å². The van der Waals surface area contributed by atoms with Crippen LogP contribution >= 0.6 is 0 Å². The van der Waals surface area contributed by atoms with Gasteiger partial charge >= 0.3 is 6.03 Å². The number of amides is 3. The second kappa shape index (κ2) is 7.14. The third kappa shape index (κ3) is 4.01. The van der Waals surface area contributed by atoms with Crippen molar-refractivity contribution in [3.63, 3.8) is 0 Å². The molecule has 0 aliphatic carbocycles. The van der Waals surface area contributed by atoms with Gasteiger partial charge in [0, 0.05) is 6.04 Å². The number of imide groups is 1. The number of urea groups is 1. The first-order valence-corrected chi connectivity index (χ1v) is 9.30. The zero-order valence-corrected chi connectivity index (χ0v) is 14.6. The quantitative estimate of drug-likeness (QED) is 0.660. The summed E-state index contributed by atoms with van der Waals surface area (Å²) >= 11 is 0. The maximum Gasteiger partial charge on any atom is 0.322 e. The molecule has 0 unspecified atom stereocenters. The Bertz CT molecular complexity index is 913. The maximum absolute atomic E-state index is 12.5. The fourth-order valence-corrected chi connectivity index (χ4v) is 3.73.